The lowest BCUT2D eigenvalue weighted by atomic mass is 9.79. The van der Waals surface area contributed by atoms with Crippen LogP contribution in [0.1, 0.15) is 26.7 Å². The highest BCUT2D eigenvalue weighted by Crippen LogP contribution is 2.37. The quantitative estimate of drug-likeness (QED) is 0.654. The van der Waals surface area contributed by atoms with Gasteiger partial charge in [0.2, 0.25) is 0 Å². The SMILES string of the molecule is CNC1(CCO)CCOC1(C)C. The van der Waals surface area contributed by atoms with Gasteiger partial charge in [0.05, 0.1) is 11.1 Å². The summed E-state index contributed by atoms with van der Waals surface area (Å²) in [5.74, 6) is 0. The molecule has 0 saturated carbocycles. The highest BCUT2D eigenvalue weighted by molar-refractivity contribution is 5.04. The van der Waals surface area contributed by atoms with E-state index in [-0.39, 0.29) is 17.7 Å². The predicted molar refractivity (Wildman–Crippen MR) is 48.1 cm³/mol. The molecule has 1 fully saturated rings. The molecule has 1 aliphatic rings. The molecule has 0 aliphatic carbocycles. The molecule has 0 radical (unpaired) electrons. The van der Waals surface area contributed by atoms with Crippen LogP contribution < -0.4 is 5.32 Å². The van der Waals surface area contributed by atoms with Gasteiger partial charge in [-0.2, -0.15) is 0 Å². The molecule has 1 aliphatic heterocycles. The molecule has 2 N–H and O–H groups in total. The number of ether oxygens (including phenoxy) is 1. The molecule has 0 aromatic carbocycles. The smallest absolute Gasteiger partial charge is 0.0808 e. The first-order valence-corrected chi connectivity index (χ1v) is 4.52. The molecule has 0 aromatic rings. The molecule has 72 valence electrons. The van der Waals surface area contributed by atoms with E-state index in [1.54, 1.807) is 0 Å². The predicted octanol–water partition coefficient (Wildman–Crippen LogP) is 0.526. The van der Waals surface area contributed by atoms with Gasteiger partial charge in [0.15, 0.2) is 0 Å². The molecule has 1 atom stereocenters. The molecular formula is C9H19NO2. The minimum absolute atomic E-state index is 0.0399. The van der Waals surface area contributed by atoms with Crippen molar-refractivity contribution in [3.05, 3.63) is 0 Å². The van der Waals surface area contributed by atoms with Gasteiger partial charge in [0, 0.05) is 13.2 Å². The van der Waals surface area contributed by atoms with Crippen molar-refractivity contribution >= 4 is 0 Å². The summed E-state index contributed by atoms with van der Waals surface area (Å²) >= 11 is 0. The fourth-order valence-electron chi connectivity index (χ4n) is 2.09. The Kier molecular flexibility index (Phi) is 2.76. The molecule has 0 spiro atoms. The summed E-state index contributed by atoms with van der Waals surface area (Å²) in [4.78, 5) is 0. The van der Waals surface area contributed by atoms with Gasteiger partial charge in [0.1, 0.15) is 0 Å². The third kappa shape index (κ3) is 1.37. The number of hydrogen-bond acceptors (Lipinski definition) is 3. The van der Waals surface area contributed by atoms with Crippen LogP contribution in [0, 0.1) is 0 Å². The third-order valence-corrected chi connectivity index (χ3v) is 3.16. The monoisotopic (exact) mass is 173 g/mol. The van der Waals surface area contributed by atoms with E-state index in [2.05, 4.69) is 19.2 Å². The van der Waals surface area contributed by atoms with Crippen molar-refractivity contribution in [3.63, 3.8) is 0 Å². The maximum absolute atomic E-state index is 8.96. The Morgan fingerprint density at radius 1 is 1.50 bits per heavy atom. The molecule has 3 heteroatoms. The van der Waals surface area contributed by atoms with Crippen molar-refractivity contribution in [2.45, 2.75) is 37.8 Å². The summed E-state index contributed by atoms with van der Waals surface area (Å²) in [5.41, 5.74) is -0.202. The average Bonchev–Trinajstić information content (AvgIpc) is 2.29. The Bertz CT molecular complexity index is 159. The number of rotatable bonds is 3. The van der Waals surface area contributed by atoms with Crippen molar-refractivity contribution in [1.82, 2.24) is 5.32 Å². The Morgan fingerprint density at radius 2 is 2.17 bits per heavy atom. The Balaban J connectivity index is 2.76. The number of hydrogen-bond donors (Lipinski definition) is 2. The maximum Gasteiger partial charge on any atom is 0.0808 e. The van der Waals surface area contributed by atoms with E-state index < -0.39 is 0 Å². The number of likely N-dealkylation sites (N-methyl/N-ethyl adjacent to an activating group) is 1. The van der Waals surface area contributed by atoms with Crippen molar-refractivity contribution in [1.29, 1.82) is 0 Å². The van der Waals surface area contributed by atoms with Crippen LogP contribution in [0.5, 0.6) is 0 Å². The summed E-state index contributed by atoms with van der Waals surface area (Å²) in [6, 6.07) is 0. The summed E-state index contributed by atoms with van der Waals surface area (Å²) in [7, 11) is 1.94. The molecule has 0 amide bonds. The van der Waals surface area contributed by atoms with Crippen LogP contribution in [0.4, 0.5) is 0 Å². The summed E-state index contributed by atoms with van der Waals surface area (Å²) in [6.07, 6.45) is 1.74. The second-order valence-electron chi connectivity index (χ2n) is 3.91. The van der Waals surface area contributed by atoms with Crippen LogP contribution >= 0.6 is 0 Å². The van der Waals surface area contributed by atoms with Crippen molar-refractivity contribution in [3.8, 4) is 0 Å². The lowest BCUT2D eigenvalue weighted by Gasteiger charge is -2.39. The molecular weight excluding hydrogens is 154 g/mol. The second kappa shape index (κ2) is 3.32. The minimum Gasteiger partial charge on any atom is -0.396 e. The summed E-state index contributed by atoms with van der Waals surface area (Å²) in [5, 5.41) is 12.2. The fourth-order valence-corrected chi connectivity index (χ4v) is 2.09. The molecule has 1 rings (SSSR count). The topological polar surface area (TPSA) is 41.5 Å². The van der Waals surface area contributed by atoms with Crippen LogP contribution in [-0.4, -0.2) is 36.5 Å². The molecule has 0 bridgehead atoms. The Labute approximate surface area is 74.1 Å². The van der Waals surface area contributed by atoms with E-state index in [9.17, 15) is 0 Å². The largest absolute Gasteiger partial charge is 0.396 e. The van der Waals surface area contributed by atoms with E-state index in [0.717, 1.165) is 19.4 Å². The van der Waals surface area contributed by atoms with E-state index in [4.69, 9.17) is 9.84 Å². The summed E-state index contributed by atoms with van der Waals surface area (Å²) in [6.45, 7) is 5.15. The zero-order valence-corrected chi connectivity index (χ0v) is 8.18. The number of aliphatic hydroxyl groups is 1. The number of nitrogens with one attached hydrogen (secondary N) is 1. The van der Waals surface area contributed by atoms with Crippen LogP contribution in [0.25, 0.3) is 0 Å². The molecule has 3 nitrogen and oxygen atoms in total. The van der Waals surface area contributed by atoms with Gasteiger partial charge in [-0.15, -0.1) is 0 Å². The first-order valence-electron chi connectivity index (χ1n) is 4.52. The zero-order chi connectivity index (χ0) is 9.24. The molecule has 0 aromatic heterocycles. The first kappa shape index (κ1) is 9.96. The molecule has 1 unspecified atom stereocenters. The van der Waals surface area contributed by atoms with Gasteiger partial charge < -0.3 is 15.2 Å². The van der Waals surface area contributed by atoms with E-state index in [1.165, 1.54) is 0 Å². The van der Waals surface area contributed by atoms with E-state index >= 15 is 0 Å². The average molecular weight is 173 g/mol. The van der Waals surface area contributed by atoms with Crippen LogP contribution in [0.15, 0.2) is 0 Å². The zero-order valence-electron chi connectivity index (χ0n) is 8.18. The normalized spacial score (nSPS) is 34.0. The Hall–Kier alpha value is -0.120. The van der Waals surface area contributed by atoms with Gasteiger partial charge in [0.25, 0.3) is 0 Å². The lowest BCUT2D eigenvalue weighted by molar-refractivity contribution is -0.0165. The van der Waals surface area contributed by atoms with Crippen LogP contribution in [-0.2, 0) is 4.74 Å². The second-order valence-corrected chi connectivity index (χ2v) is 3.91. The van der Waals surface area contributed by atoms with Crippen molar-refractivity contribution in [2.24, 2.45) is 0 Å². The van der Waals surface area contributed by atoms with Crippen LogP contribution in [0.3, 0.4) is 0 Å². The van der Waals surface area contributed by atoms with Crippen molar-refractivity contribution < 1.29 is 9.84 Å². The van der Waals surface area contributed by atoms with Crippen LogP contribution in [0.2, 0.25) is 0 Å². The van der Waals surface area contributed by atoms with Gasteiger partial charge in [-0.05, 0) is 33.7 Å². The number of aliphatic hydroxyl groups excluding tert-OH is 1. The fraction of sp³-hybridized carbons (Fsp3) is 1.00. The van der Waals surface area contributed by atoms with E-state index in [0.29, 0.717) is 0 Å². The molecule has 12 heavy (non-hydrogen) atoms. The molecule has 1 saturated heterocycles. The maximum atomic E-state index is 8.96. The highest BCUT2D eigenvalue weighted by atomic mass is 16.5. The van der Waals surface area contributed by atoms with Gasteiger partial charge in [-0.25, -0.2) is 0 Å². The minimum atomic E-state index is -0.162. The van der Waals surface area contributed by atoms with Gasteiger partial charge in [-0.3, -0.25) is 0 Å². The van der Waals surface area contributed by atoms with E-state index in [1.807, 2.05) is 7.05 Å². The highest BCUT2D eigenvalue weighted by Gasteiger charge is 2.48. The van der Waals surface area contributed by atoms with Crippen molar-refractivity contribution in [2.75, 3.05) is 20.3 Å². The van der Waals surface area contributed by atoms with Gasteiger partial charge in [-0.1, -0.05) is 0 Å². The third-order valence-electron chi connectivity index (χ3n) is 3.16. The Morgan fingerprint density at radius 3 is 2.50 bits per heavy atom. The molecule has 1 heterocycles. The lowest BCUT2D eigenvalue weighted by Crippen LogP contribution is -2.56. The first-order chi connectivity index (χ1) is 5.58. The van der Waals surface area contributed by atoms with Gasteiger partial charge >= 0.3 is 0 Å². The summed E-state index contributed by atoms with van der Waals surface area (Å²) < 4.78 is 5.63. The standard InChI is InChI=1S/C9H19NO2/c1-8(2)9(10-3,4-6-11)5-7-12-8/h10-11H,4-7H2,1-3H3.